The Balaban J connectivity index is 1.62. The van der Waals surface area contributed by atoms with Gasteiger partial charge in [0.1, 0.15) is 0 Å². The van der Waals surface area contributed by atoms with Crippen LogP contribution in [-0.2, 0) is 9.63 Å². The Hall–Kier alpha value is -3.48. The van der Waals surface area contributed by atoms with E-state index in [1.807, 2.05) is 0 Å². The molecule has 0 aromatic heterocycles. The maximum atomic E-state index is 12.6. The Kier molecular flexibility index (Phi) is 3.76. The molecular formula is C19H14N2O5. The molecule has 0 bridgehead atoms. The maximum absolute atomic E-state index is 12.6. The molecule has 2 aliphatic heterocycles. The van der Waals surface area contributed by atoms with E-state index in [9.17, 15) is 19.2 Å². The van der Waals surface area contributed by atoms with Crippen LogP contribution in [0.25, 0.3) is 0 Å². The molecule has 0 unspecified atom stereocenters. The van der Waals surface area contributed by atoms with E-state index in [1.54, 1.807) is 30.3 Å². The van der Waals surface area contributed by atoms with Gasteiger partial charge >= 0.3 is 5.97 Å². The average Bonchev–Trinajstić information content (AvgIpc) is 3.19. The fraction of sp³-hybridized carbons (Fsp3) is 0.158. The van der Waals surface area contributed by atoms with E-state index in [1.165, 1.54) is 23.1 Å². The van der Waals surface area contributed by atoms with E-state index in [0.717, 1.165) is 0 Å². The second kappa shape index (κ2) is 6.11. The summed E-state index contributed by atoms with van der Waals surface area (Å²) in [5.41, 5.74) is 0.914. The fourth-order valence-corrected chi connectivity index (χ4v) is 3.17. The molecule has 0 radical (unpaired) electrons. The highest BCUT2D eigenvalue weighted by Crippen LogP contribution is 2.28. The van der Waals surface area contributed by atoms with Gasteiger partial charge < -0.3 is 9.74 Å². The first-order valence-electron chi connectivity index (χ1n) is 8.17. The quantitative estimate of drug-likeness (QED) is 0.792. The van der Waals surface area contributed by atoms with E-state index in [0.29, 0.717) is 30.1 Å². The zero-order chi connectivity index (χ0) is 18.3. The van der Waals surface area contributed by atoms with Crippen LogP contribution >= 0.6 is 0 Å². The number of para-hydroxylation sites is 1. The minimum Gasteiger partial charge on any atom is -0.324 e. The molecule has 7 heteroatoms. The highest BCUT2D eigenvalue weighted by atomic mass is 16.7. The van der Waals surface area contributed by atoms with Gasteiger partial charge in [-0.2, -0.15) is 0 Å². The van der Waals surface area contributed by atoms with Crippen LogP contribution in [0, 0.1) is 0 Å². The molecule has 0 atom stereocenters. The zero-order valence-corrected chi connectivity index (χ0v) is 13.7. The topological polar surface area (TPSA) is 84.0 Å². The van der Waals surface area contributed by atoms with Crippen LogP contribution in [-0.4, -0.2) is 35.3 Å². The van der Waals surface area contributed by atoms with E-state index in [-0.39, 0.29) is 22.6 Å². The fourth-order valence-electron chi connectivity index (χ4n) is 3.17. The molecule has 0 N–H and O–H groups in total. The van der Waals surface area contributed by atoms with Crippen molar-refractivity contribution in [2.45, 2.75) is 12.8 Å². The van der Waals surface area contributed by atoms with Gasteiger partial charge in [0, 0.05) is 13.0 Å². The van der Waals surface area contributed by atoms with Gasteiger partial charge in [-0.05, 0) is 30.7 Å². The number of carbonyl (C=O) groups excluding carboxylic acids is 4. The van der Waals surface area contributed by atoms with Crippen LogP contribution in [0.1, 0.15) is 43.9 Å². The standard InChI is InChI=1S/C19H14N2O5/c22-16-10-5-11-20(16)15-9-4-3-8-14(15)19(25)26-21-17(23)12-6-1-2-7-13(12)18(21)24/h1-4,6-9H,5,10-11H2. The molecule has 26 heavy (non-hydrogen) atoms. The monoisotopic (exact) mass is 350 g/mol. The van der Waals surface area contributed by atoms with Gasteiger partial charge in [-0.3, -0.25) is 14.4 Å². The van der Waals surface area contributed by atoms with Crippen molar-refractivity contribution < 1.29 is 24.0 Å². The molecule has 0 saturated carbocycles. The third-order valence-electron chi connectivity index (χ3n) is 4.42. The number of fused-ring (bicyclic) bond motifs is 1. The first-order valence-corrected chi connectivity index (χ1v) is 8.17. The normalized spacial score (nSPS) is 16.2. The molecular weight excluding hydrogens is 336 g/mol. The Morgan fingerprint density at radius 1 is 0.885 bits per heavy atom. The second-order valence-electron chi connectivity index (χ2n) is 6.00. The third-order valence-corrected chi connectivity index (χ3v) is 4.42. The van der Waals surface area contributed by atoms with Gasteiger partial charge in [0.2, 0.25) is 5.91 Å². The van der Waals surface area contributed by atoms with Gasteiger partial charge in [0.15, 0.2) is 0 Å². The summed E-state index contributed by atoms with van der Waals surface area (Å²) >= 11 is 0. The number of hydrogen-bond donors (Lipinski definition) is 0. The lowest BCUT2D eigenvalue weighted by Gasteiger charge is -2.20. The predicted octanol–water partition coefficient (Wildman–Crippen LogP) is 2.18. The van der Waals surface area contributed by atoms with Crippen molar-refractivity contribution in [2.75, 3.05) is 11.4 Å². The van der Waals surface area contributed by atoms with Gasteiger partial charge in [-0.25, -0.2) is 4.79 Å². The highest BCUT2D eigenvalue weighted by molar-refractivity contribution is 6.21. The maximum Gasteiger partial charge on any atom is 0.366 e. The van der Waals surface area contributed by atoms with Gasteiger partial charge in [-0.15, -0.1) is 0 Å². The lowest BCUT2D eigenvalue weighted by Crippen LogP contribution is -2.33. The van der Waals surface area contributed by atoms with Crippen LogP contribution in [0.3, 0.4) is 0 Å². The summed E-state index contributed by atoms with van der Waals surface area (Å²) in [5.74, 6) is -2.32. The molecule has 4 rings (SSSR count). The summed E-state index contributed by atoms with van der Waals surface area (Å²) in [6.45, 7) is 0.510. The van der Waals surface area contributed by atoms with Crippen molar-refractivity contribution in [3.63, 3.8) is 0 Å². The van der Waals surface area contributed by atoms with E-state index >= 15 is 0 Å². The number of amides is 3. The molecule has 0 aliphatic carbocycles. The summed E-state index contributed by atoms with van der Waals surface area (Å²) in [6, 6.07) is 12.7. The number of nitrogens with zero attached hydrogens (tertiary/aromatic N) is 2. The second-order valence-corrected chi connectivity index (χ2v) is 6.00. The zero-order valence-electron chi connectivity index (χ0n) is 13.7. The number of hydrogen-bond acceptors (Lipinski definition) is 5. The Morgan fingerprint density at radius 2 is 1.50 bits per heavy atom. The Morgan fingerprint density at radius 3 is 2.12 bits per heavy atom. The summed E-state index contributed by atoms with van der Waals surface area (Å²) in [4.78, 5) is 55.9. The summed E-state index contributed by atoms with van der Waals surface area (Å²) < 4.78 is 0. The van der Waals surface area contributed by atoms with Crippen molar-refractivity contribution in [2.24, 2.45) is 0 Å². The summed E-state index contributed by atoms with van der Waals surface area (Å²) in [7, 11) is 0. The summed E-state index contributed by atoms with van der Waals surface area (Å²) in [6.07, 6.45) is 1.13. The minimum absolute atomic E-state index is 0.0778. The van der Waals surface area contributed by atoms with Crippen LogP contribution in [0.2, 0.25) is 0 Å². The van der Waals surface area contributed by atoms with Crippen LogP contribution in [0.15, 0.2) is 48.5 Å². The van der Waals surface area contributed by atoms with Gasteiger partial charge in [-0.1, -0.05) is 29.3 Å². The first-order chi connectivity index (χ1) is 12.6. The Bertz CT molecular complexity index is 917. The molecule has 1 saturated heterocycles. The van der Waals surface area contributed by atoms with Crippen molar-refractivity contribution in [1.82, 2.24) is 5.06 Å². The number of hydroxylamine groups is 2. The number of imide groups is 1. The lowest BCUT2D eigenvalue weighted by atomic mass is 10.1. The van der Waals surface area contributed by atoms with Gasteiger partial charge in [0.25, 0.3) is 11.8 Å². The van der Waals surface area contributed by atoms with Gasteiger partial charge in [0.05, 0.1) is 22.4 Å². The van der Waals surface area contributed by atoms with E-state index in [4.69, 9.17) is 4.84 Å². The molecule has 0 spiro atoms. The SMILES string of the molecule is O=C(ON1C(=O)c2ccccc2C1=O)c1ccccc1N1CCCC1=O. The largest absolute Gasteiger partial charge is 0.366 e. The minimum atomic E-state index is -0.866. The lowest BCUT2D eigenvalue weighted by molar-refractivity contribution is -0.117. The first kappa shape index (κ1) is 16.0. The molecule has 2 aromatic carbocycles. The molecule has 130 valence electrons. The smallest absolute Gasteiger partial charge is 0.324 e. The highest BCUT2D eigenvalue weighted by Gasteiger charge is 2.39. The van der Waals surface area contributed by atoms with Crippen molar-refractivity contribution in [3.8, 4) is 0 Å². The van der Waals surface area contributed by atoms with Crippen molar-refractivity contribution >= 4 is 29.4 Å². The number of rotatable bonds is 3. The Labute approximate surface area is 148 Å². The van der Waals surface area contributed by atoms with Crippen LogP contribution < -0.4 is 4.90 Å². The number of benzene rings is 2. The number of anilines is 1. The molecule has 1 fully saturated rings. The molecule has 2 heterocycles. The van der Waals surface area contributed by atoms with Crippen LogP contribution in [0.4, 0.5) is 5.69 Å². The average molecular weight is 350 g/mol. The van der Waals surface area contributed by atoms with E-state index in [2.05, 4.69) is 0 Å². The van der Waals surface area contributed by atoms with Crippen LogP contribution in [0.5, 0.6) is 0 Å². The predicted molar refractivity (Wildman–Crippen MR) is 90.4 cm³/mol. The molecule has 2 aliphatic rings. The third kappa shape index (κ3) is 2.45. The number of carbonyl (C=O) groups is 4. The molecule has 3 amide bonds. The molecule has 7 nitrogen and oxygen atoms in total. The van der Waals surface area contributed by atoms with E-state index < -0.39 is 17.8 Å². The van der Waals surface area contributed by atoms with Crippen molar-refractivity contribution in [3.05, 3.63) is 65.2 Å². The van der Waals surface area contributed by atoms with Crippen molar-refractivity contribution in [1.29, 1.82) is 0 Å². The molecule has 2 aromatic rings. The summed E-state index contributed by atoms with van der Waals surface area (Å²) in [5, 5.41) is 0.468.